The van der Waals surface area contributed by atoms with Gasteiger partial charge in [0.1, 0.15) is 0 Å². The zero-order chi connectivity index (χ0) is 11.5. The number of likely N-dealkylation sites (tertiary alicyclic amines) is 1. The first-order valence-electron chi connectivity index (χ1n) is 7.70. The maximum Gasteiger partial charge on any atom is 0.0657 e. The van der Waals surface area contributed by atoms with Gasteiger partial charge >= 0.3 is 0 Å². The Morgan fingerprint density at radius 3 is 2.06 bits per heavy atom. The van der Waals surface area contributed by atoms with Crippen LogP contribution in [0.5, 0.6) is 0 Å². The van der Waals surface area contributed by atoms with Gasteiger partial charge in [0.25, 0.3) is 0 Å². The predicted molar refractivity (Wildman–Crippen MR) is 75.0 cm³/mol. The summed E-state index contributed by atoms with van der Waals surface area (Å²) in [6.07, 6.45) is 10.4. The van der Waals surface area contributed by atoms with Crippen LogP contribution in [0, 0.1) is 17.8 Å². The van der Waals surface area contributed by atoms with Gasteiger partial charge in [-0.25, -0.2) is 0 Å². The van der Waals surface area contributed by atoms with E-state index in [-0.39, 0.29) is 18.0 Å². The Kier molecular flexibility index (Phi) is 3.41. The van der Waals surface area contributed by atoms with Crippen molar-refractivity contribution in [3.63, 3.8) is 0 Å². The molecule has 3 heteroatoms. The van der Waals surface area contributed by atoms with Crippen LogP contribution in [0.15, 0.2) is 0 Å². The summed E-state index contributed by atoms with van der Waals surface area (Å²) in [5.41, 5.74) is -0.247. The van der Waals surface area contributed by atoms with Crippen LogP contribution in [-0.2, 0) is 0 Å². The first-order valence-corrected chi connectivity index (χ1v) is 7.70. The lowest BCUT2D eigenvalue weighted by atomic mass is 9.52. The van der Waals surface area contributed by atoms with E-state index in [2.05, 4.69) is 4.90 Å². The fourth-order valence-electron chi connectivity index (χ4n) is 5.77. The zero-order valence-corrected chi connectivity index (χ0v) is 12.0. The molecular formula is C15H26ClNO. The lowest BCUT2D eigenvalue weighted by molar-refractivity contribution is -0.161. The van der Waals surface area contributed by atoms with Gasteiger partial charge in [-0.1, -0.05) is 6.42 Å². The van der Waals surface area contributed by atoms with Crippen molar-refractivity contribution in [2.45, 2.75) is 63.0 Å². The summed E-state index contributed by atoms with van der Waals surface area (Å²) in [5, 5.41) is 10.6. The van der Waals surface area contributed by atoms with Crippen molar-refractivity contribution < 1.29 is 5.11 Å². The molecule has 18 heavy (non-hydrogen) atoms. The normalized spacial score (nSPS) is 51.2. The largest absolute Gasteiger partial charge is 0.390 e. The van der Waals surface area contributed by atoms with Crippen molar-refractivity contribution in [1.82, 2.24) is 4.90 Å². The summed E-state index contributed by atoms with van der Waals surface area (Å²) in [6, 6.07) is 0.840. The first-order chi connectivity index (χ1) is 8.23. The Morgan fingerprint density at radius 2 is 1.50 bits per heavy atom. The van der Waals surface area contributed by atoms with Crippen molar-refractivity contribution in [2.24, 2.45) is 17.8 Å². The zero-order valence-electron chi connectivity index (χ0n) is 11.2. The van der Waals surface area contributed by atoms with Gasteiger partial charge in [0.2, 0.25) is 0 Å². The monoisotopic (exact) mass is 271 g/mol. The highest BCUT2D eigenvalue weighted by molar-refractivity contribution is 5.85. The SMILES string of the molecule is Cl.OC12CC3C[C@H](C1)C(N1CCCCC1)[C@@H](C3)C2. The summed E-state index contributed by atoms with van der Waals surface area (Å²) in [4.78, 5) is 2.79. The van der Waals surface area contributed by atoms with Crippen molar-refractivity contribution in [3.05, 3.63) is 0 Å². The second-order valence-corrected chi connectivity index (χ2v) is 7.28. The fourth-order valence-corrected chi connectivity index (χ4v) is 5.77. The molecule has 5 aliphatic rings. The lowest BCUT2D eigenvalue weighted by Gasteiger charge is -2.60. The van der Waals surface area contributed by atoms with E-state index in [4.69, 9.17) is 0 Å². The molecule has 0 spiro atoms. The molecule has 5 fully saturated rings. The minimum absolute atomic E-state index is 0. The van der Waals surface area contributed by atoms with E-state index in [1.807, 2.05) is 0 Å². The predicted octanol–water partition coefficient (Wildman–Crippen LogP) is 2.83. The van der Waals surface area contributed by atoms with Gasteiger partial charge in [-0.05, 0) is 75.8 Å². The highest BCUT2D eigenvalue weighted by Gasteiger charge is 2.55. The van der Waals surface area contributed by atoms with Crippen molar-refractivity contribution >= 4 is 12.4 Å². The summed E-state index contributed by atoms with van der Waals surface area (Å²) in [7, 11) is 0. The average Bonchev–Trinajstić information content (AvgIpc) is 2.27. The van der Waals surface area contributed by atoms with Gasteiger partial charge in [0.15, 0.2) is 0 Å². The summed E-state index contributed by atoms with van der Waals surface area (Å²) in [6.45, 7) is 2.67. The van der Waals surface area contributed by atoms with Crippen molar-refractivity contribution in [2.75, 3.05) is 13.1 Å². The molecule has 1 N–H and O–H groups in total. The van der Waals surface area contributed by atoms with Crippen molar-refractivity contribution in [3.8, 4) is 0 Å². The third-order valence-corrected chi connectivity index (χ3v) is 6.00. The molecule has 2 nitrogen and oxygen atoms in total. The minimum Gasteiger partial charge on any atom is -0.390 e. The molecule has 4 saturated carbocycles. The van der Waals surface area contributed by atoms with E-state index in [0.717, 1.165) is 43.1 Å². The van der Waals surface area contributed by atoms with E-state index in [1.165, 1.54) is 45.2 Å². The maximum absolute atomic E-state index is 10.6. The molecule has 5 atom stereocenters. The van der Waals surface area contributed by atoms with Crippen LogP contribution in [0.2, 0.25) is 0 Å². The van der Waals surface area contributed by atoms with Gasteiger partial charge in [0.05, 0.1) is 5.60 Å². The van der Waals surface area contributed by atoms with Crippen molar-refractivity contribution in [1.29, 1.82) is 0 Å². The molecule has 0 aromatic heterocycles. The highest BCUT2D eigenvalue weighted by Crippen LogP contribution is 2.57. The third-order valence-electron chi connectivity index (χ3n) is 6.00. The number of aliphatic hydroxyl groups is 1. The molecule has 5 rings (SSSR count). The van der Waals surface area contributed by atoms with Crippen LogP contribution in [0.3, 0.4) is 0 Å². The van der Waals surface area contributed by atoms with E-state index in [9.17, 15) is 5.11 Å². The van der Waals surface area contributed by atoms with Gasteiger partial charge in [0, 0.05) is 6.04 Å². The molecule has 0 radical (unpaired) electrons. The maximum atomic E-state index is 10.6. The van der Waals surface area contributed by atoms with Crippen LogP contribution < -0.4 is 0 Å². The number of hydrogen-bond donors (Lipinski definition) is 1. The molecule has 1 aliphatic heterocycles. The molecule has 4 bridgehead atoms. The van der Waals surface area contributed by atoms with Gasteiger partial charge < -0.3 is 5.11 Å². The van der Waals surface area contributed by atoms with Gasteiger partial charge in [-0.2, -0.15) is 0 Å². The number of halogens is 1. The van der Waals surface area contributed by atoms with Gasteiger partial charge in [-0.3, -0.25) is 4.90 Å². The Balaban J connectivity index is 0.000001000. The number of nitrogens with zero attached hydrogens (tertiary/aromatic N) is 1. The lowest BCUT2D eigenvalue weighted by Crippen LogP contribution is -2.62. The summed E-state index contributed by atoms with van der Waals surface area (Å²) < 4.78 is 0. The fraction of sp³-hybridized carbons (Fsp3) is 1.00. The Morgan fingerprint density at radius 1 is 0.889 bits per heavy atom. The second kappa shape index (κ2) is 4.64. The molecule has 1 heterocycles. The molecule has 0 amide bonds. The Bertz CT molecular complexity index is 300. The topological polar surface area (TPSA) is 23.5 Å². The Labute approximate surface area is 117 Å². The molecule has 104 valence electrons. The summed E-state index contributed by atoms with van der Waals surface area (Å²) in [5.74, 6) is 2.51. The van der Waals surface area contributed by atoms with E-state index in [1.54, 1.807) is 0 Å². The van der Waals surface area contributed by atoms with Crippen LogP contribution >= 0.6 is 12.4 Å². The Hall–Kier alpha value is 0.210. The van der Waals surface area contributed by atoms with E-state index >= 15 is 0 Å². The third kappa shape index (κ3) is 2.01. The first kappa shape index (κ1) is 13.2. The standard InChI is InChI=1S/C15H25NO.ClH/c17-15-8-11-6-12(9-15)14(13(7-11)10-15)16-4-2-1-3-5-16;/h11-14,17H,1-10H2;1H/t11?,12-,13+,14?,15?;. The van der Waals surface area contributed by atoms with E-state index in [0.29, 0.717) is 0 Å². The number of rotatable bonds is 1. The van der Waals surface area contributed by atoms with Crippen LogP contribution in [0.1, 0.15) is 51.4 Å². The number of hydrogen-bond acceptors (Lipinski definition) is 2. The van der Waals surface area contributed by atoms with E-state index < -0.39 is 0 Å². The second-order valence-electron chi connectivity index (χ2n) is 7.28. The highest BCUT2D eigenvalue weighted by atomic mass is 35.5. The molecule has 0 aromatic rings. The molecule has 3 unspecified atom stereocenters. The molecule has 4 aliphatic carbocycles. The van der Waals surface area contributed by atoms with Crippen LogP contribution in [0.25, 0.3) is 0 Å². The average molecular weight is 272 g/mol. The van der Waals surface area contributed by atoms with Gasteiger partial charge in [-0.15, -0.1) is 12.4 Å². The molecular weight excluding hydrogens is 246 g/mol. The molecule has 0 aromatic carbocycles. The van der Waals surface area contributed by atoms with Crippen LogP contribution in [0.4, 0.5) is 0 Å². The summed E-state index contributed by atoms with van der Waals surface area (Å²) >= 11 is 0. The minimum atomic E-state index is -0.247. The quantitative estimate of drug-likeness (QED) is 0.793. The molecule has 1 saturated heterocycles. The number of piperidine rings is 1. The van der Waals surface area contributed by atoms with Crippen LogP contribution in [-0.4, -0.2) is 34.7 Å². The smallest absolute Gasteiger partial charge is 0.0657 e.